The van der Waals surface area contributed by atoms with E-state index >= 15 is 0 Å². The molecule has 1 aromatic carbocycles. The minimum atomic E-state index is -4.50. The number of carbonyl (C=O) groups is 1. The van der Waals surface area contributed by atoms with Crippen LogP contribution >= 0.6 is 12.2 Å². The molecule has 1 fully saturated rings. The van der Waals surface area contributed by atoms with E-state index < -0.39 is 17.6 Å². The summed E-state index contributed by atoms with van der Waals surface area (Å²) in [6, 6.07) is 5.04. The molecule has 152 valence electrons. The van der Waals surface area contributed by atoms with Crippen molar-refractivity contribution in [1.29, 1.82) is 0 Å². The summed E-state index contributed by atoms with van der Waals surface area (Å²) < 4.78 is 43.8. The van der Waals surface area contributed by atoms with Crippen molar-refractivity contribution >= 4 is 23.8 Å². The molecule has 3 N–H and O–H groups in total. The van der Waals surface area contributed by atoms with Crippen molar-refractivity contribution in [1.82, 2.24) is 9.13 Å². The first kappa shape index (κ1) is 20.6. The molecule has 0 atom stereocenters. The largest absolute Gasteiger partial charge is 0.418 e. The van der Waals surface area contributed by atoms with Gasteiger partial charge in [-0.2, -0.15) is 13.2 Å². The van der Waals surface area contributed by atoms with E-state index in [1.54, 1.807) is 0 Å². The summed E-state index contributed by atoms with van der Waals surface area (Å²) in [6.07, 6.45) is -0.614. The Morgan fingerprint density at radius 1 is 1.14 bits per heavy atom. The third kappa shape index (κ3) is 5.00. The minimum Gasteiger partial charge on any atom is -0.327 e. The Bertz CT molecular complexity index is 884. The molecule has 0 bridgehead atoms. The molecule has 28 heavy (non-hydrogen) atoms. The zero-order chi connectivity index (χ0) is 20.3. The van der Waals surface area contributed by atoms with E-state index in [9.17, 15) is 18.0 Å². The van der Waals surface area contributed by atoms with Gasteiger partial charge in [-0.1, -0.05) is 12.1 Å². The number of aromatic nitrogens is 2. The van der Waals surface area contributed by atoms with E-state index in [1.807, 2.05) is 28.6 Å². The molecule has 1 saturated heterocycles. The van der Waals surface area contributed by atoms with E-state index in [2.05, 4.69) is 5.32 Å². The van der Waals surface area contributed by atoms with Crippen molar-refractivity contribution in [2.24, 2.45) is 7.05 Å². The van der Waals surface area contributed by atoms with Crippen LogP contribution in [0, 0.1) is 4.77 Å². The number of alkyl halides is 3. The molecule has 0 aliphatic carbocycles. The van der Waals surface area contributed by atoms with Gasteiger partial charge in [0.2, 0.25) is 0 Å². The topological polar surface area (TPSA) is 47.8 Å². The maximum absolute atomic E-state index is 13.0. The van der Waals surface area contributed by atoms with Gasteiger partial charge in [0.1, 0.15) is 26.2 Å². The van der Waals surface area contributed by atoms with Gasteiger partial charge in [-0.05, 0) is 24.4 Å². The van der Waals surface area contributed by atoms with Gasteiger partial charge in [-0.3, -0.25) is 9.36 Å². The molecule has 2 heterocycles. The Hall–Kier alpha value is -2.17. The van der Waals surface area contributed by atoms with Crippen molar-refractivity contribution in [2.45, 2.75) is 12.8 Å². The first-order valence-corrected chi connectivity index (χ1v) is 9.50. The van der Waals surface area contributed by atoms with Crippen LogP contribution in [0.4, 0.5) is 18.9 Å². The molecule has 6 nitrogen and oxygen atoms in total. The van der Waals surface area contributed by atoms with Crippen LogP contribution in [0.5, 0.6) is 0 Å². The van der Waals surface area contributed by atoms with E-state index in [-0.39, 0.29) is 12.2 Å². The van der Waals surface area contributed by atoms with Crippen molar-refractivity contribution in [3.8, 4) is 0 Å². The lowest BCUT2D eigenvalue weighted by Gasteiger charge is -2.29. The molecule has 0 spiro atoms. The number of nitrogens with zero attached hydrogens (tertiary/aromatic N) is 2. The van der Waals surface area contributed by atoms with E-state index in [4.69, 9.17) is 12.2 Å². The van der Waals surface area contributed by atoms with Crippen LogP contribution in [0.1, 0.15) is 5.56 Å². The number of para-hydroxylation sites is 1. The third-order valence-corrected chi connectivity index (χ3v) is 5.52. The molecule has 10 heteroatoms. The number of benzene rings is 1. The lowest BCUT2D eigenvalue weighted by atomic mass is 10.1. The van der Waals surface area contributed by atoms with Crippen molar-refractivity contribution in [3.63, 3.8) is 0 Å². The average molecular weight is 415 g/mol. The molecule has 1 amide bonds. The van der Waals surface area contributed by atoms with Crippen LogP contribution in [0.2, 0.25) is 0 Å². The second-order valence-corrected chi connectivity index (χ2v) is 7.45. The predicted octanol–water partition coefficient (Wildman–Crippen LogP) is -0.0455. The number of quaternary nitrogens is 2. The highest BCUT2D eigenvalue weighted by Crippen LogP contribution is 2.34. The van der Waals surface area contributed by atoms with E-state index in [1.165, 1.54) is 23.1 Å². The van der Waals surface area contributed by atoms with Gasteiger partial charge in [0, 0.05) is 19.4 Å². The first-order chi connectivity index (χ1) is 13.2. The number of amides is 1. The molecule has 0 saturated carbocycles. The van der Waals surface area contributed by atoms with Crippen molar-refractivity contribution in [3.05, 3.63) is 47.0 Å². The van der Waals surface area contributed by atoms with E-state index in [0.29, 0.717) is 0 Å². The summed E-state index contributed by atoms with van der Waals surface area (Å²) in [6.45, 7) is 4.24. The number of imidazole rings is 1. The molecule has 1 aromatic heterocycles. The minimum absolute atomic E-state index is 0.157. The second-order valence-electron chi connectivity index (χ2n) is 7.09. The number of hydrogen-bond donors (Lipinski definition) is 3. The standard InChI is InChI=1S/C18H22F3N5OS/c1-23-6-11-26(17(23)28)13-25-9-7-24(8-10-25)12-16(27)22-15-5-3-2-4-14(15)18(19,20)21/h2-6,11H,7-10,12-13H2,1H3,(H,22,27)/p+2. The number of rotatable bonds is 5. The summed E-state index contributed by atoms with van der Waals surface area (Å²) in [5, 5.41) is 2.42. The maximum Gasteiger partial charge on any atom is 0.418 e. The molecule has 1 aliphatic rings. The van der Waals surface area contributed by atoms with Gasteiger partial charge >= 0.3 is 6.18 Å². The summed E-state index contributed by atoms with van der Waals surface area (Å²) in [7, 11) is 1.91. The van der Waals surface area contributed by atoms with Crippen molar-refractivity contribution in [2.75, 3.05) is 38.0 Å². The number of hydrogen-bond acceptors (Lipinski definition) is 2. The molecule has 1 aliphatic heterocycles. The Labute approximate surface area is 166 Å². The number of nitrogens with one attached hydrogen (secondary N) is 3. The average Bonchev–Trinajstić information content (AvgIpc) is 2.95. The zero-order valence-corrected chi connectivity index (χ0v) is 16.4. The smallest absolute Gasteiger partial charge is 0.327 e. The van der Waals surface area contributed by atoms with Crippen LogP contribution in [-0.4, -0.2) is 47.8 Å². The van der Waals surface area contributed by atoms with Crippen LogP contribution in [0.25, 0.3) is 0 Å². The summed E-state index contributed by atoms with van der Waals surface area (Å²) >= 11 is 5.35. The fourth-order valence-corrected chi connectivity index (χ4v) is 3.61. The van der Waals surface area contributed by atoms with Gasteiger partial charge in [0.25, 0.3) is 5.91 Å². The van der Waals surface area contributed by atoms with Crippen LogP contribution < -0.4 is 15.1 Å². The summed E-state index contributed by atoms with van der Waals surface area (Å²) in [5.74, 6) is -0.402. The highest BCUT2D eigenvalue weighted by molar-refractivity contribution is 7.71. The molecule has 3 rings (SSSR count). The van der Waals surface area contributed by atoms with Gasteiger partial charge in [-0.15, -0.1) is 0 Å². The lowest BCUT2D eigenvalue weighted by molar-refractivity contribution is -1.02. The highest BCUT2D eigenvalue weighted by Gasteiger charge is 2.34. The Morgan fingerprint density at radius 3 is 2.39 bits per heavy atom. The molecular weight excluding hydrogens is 391 g/mol. The number of aryl methyl sites for hydroxylation is 1. The second kappa shape index (κ2) is 8.46. The van der Waals surface area contributed by atoms with Crippen LogP contribution in [-0.2, 0) is 24.7 Å². The number of piperazine rings is 1. The van der Waals surface area contributed by atoms with Crippen LogP contribution in [0.3, 0.4) is 0 Å². The Morgan fingerprint density at radius 2 is 1.79 bits per heavy atom. The number of anilines is 1. The van der Waals surface area contributed by atoms with Gasteiger partial charge in [0.15, 0.2) is 18.0 Å². The van der Waals surface area contributed by atoms with E-state index in [0.717, 1.165) is 48.6 Å². The van der Waals surface area contributed by atoms with Gasteiger partial charge < -0.3 is 19.7 Å². The quantitative estimate of drug-likeness (QED) is 0.600. The third-order valence-electron chi connectivity index (χ3n) is 4.99. The lowest BCUT2D eigenvalue weighted by Crippen LogP contribution is -3.28. The highest BCUT2D eigenvalue weighted by atomic mass is 32.1. The molecule has 0 unspecified atom stereocenters. The Kier molecular flexibility index (Phi) is 6.21. The fraction of sp³-hybridized carbons (Fsp3) is 0.444. The maximum atomic E-state index is 13.0. The van der Waals surface area contributed by atoms with Gasteiger partial charge in [0.05, 0.1) is 11.3 Å². The molecular formula is C18H24F3N5OS+2. The SMILES string of the molecule is Cn1ccn(C[NH+]2CC[NH+](CC(=O)Nc3ccccc3C(F)(F)F)CC2)c1=S. The summed E-state index contributed by atoms with van der Waals surface area (Å²) in [5.41, 5.74) is -1.02. The van der Waals surface area contributed by atoms with Crippen molar-refractivity contribution < 1.29 is 27.8 Å². The molecule has 2 aromatic rings. The Balaban J connectivity index is 1.51. The zero-order valence-electron chi connectivity index (χ0n) is 15.6. The van der Waals surface area contributed by atoms with Crippen LogP contribution in [0.15, 0.2) is 36.7 Å². The predicted molar refractivity (Wildman–Crippen MR) is 101 cm³/mol. The van der Waals surface area contributed by atoms with Gasteiger partial charge in [-0.25, -0.2) is 0 Å². The fourth-order valence-electron chi connectivity index (χ4n) is 3.42. The molecule has 0 radical (unpaired) electrons. The monoisotopic (exact) mass is 415 g/mol. The normalized spacial score (nSPS) is 20.1. The first-order valence-electron chi connectivity index (χ1n) is 9.09. The number of halogens is 3. The number of carbonyl (C=O) groups excluding carboxylic acids is 1. The summed E-state index contributed by atoms with van der Waals surface area (Å²) in [4.78, 5) is 14.7.